The number of hydrogen-bond acceptors (Lipinski definition) is 2. The van der Waals surface area contributed by atoms with Crippen molar-refractivity contribution < 1.29 is 4.79 Å². The summed E-state index contributed by atoms with van der Waals surface area (Å²) in [6.07, 6.45) is 5.25. The van der Waals surface area contributed by atoms with Crippen LogP contribution in [0.15, 0.2) is 17.2 Å². The van der Waals surface area contributed by atoms with E-state index >= 15 is 0 Å². The molecule has 0 bridgehead atoms. The zero-order valence-electron chi connectivity index (χ0n) is 10.1. The Hall–Kier alpha value is -1.52. The molecule has 5 heteroatoms. The number of carbonyl (C=O) groups excluding carboxylic acids is 1. The van der Waals surface area contributed by atoms with Crippen molar-refractivity contribution in [1.29, 1.82) is 0 Å². The van der Waals surface area contributed by atoms with Gasteiger partial charge in [-0.15, -0.1) is 0 Å². The maximum absolute atomic E-state index is 11.6. The van der Waals surface area contributed by atoms with E-state index in [-0.39, 0.29) is 24.2 Å². The fourth-order valence-electron chi connectivity index (χ4n) is 1.61. The van der Waals surface area contributed by atoms with E-state index in [2.05, 4.69) is 12.2 Å². The molecule has 0 fully saturated rings. The van der Waals surface area contributed by atoms with Crippen LogP contribution < -0.4 is 11.0 Å². The molecule has 1 aromatic rings. The van der Waals surface area contributed by atoms with Crippen molar-refractivity contribution in [3.63, 3.8) is 0 Å². The zero-order valence-corrected chi connectivity index (χ0v) is 10.1. The Balaban J connectivity index is 2.52. The first-order valence-electron chi connectivity index (χ1n) is 5.55. The molecule has 1 unspecified atom stereocenters. The molecule has 0 aliphatic carbocycles. The normalized spacial score (nSPS) is 12.4. The summed E-state index contributed by atoms with van der Waals surface area (Å²) >= 11 is 0. The number of hydrogen-bond donors (Lipinski definition) is 1. The highest BCUT2D eigenvalue weighted by Gasteiger charge is 2.08. The molecule has 0 saturated carbocycles. The van der Waals surface area contributed by atoms with Crippen molar-refractivity contribution in [3.05, 3.63) is 22.9 Å². The predicted molar refractivity (Wildman–Crippen MR) is 62.2 cm³/mol. The monoisotopic (exact) mass is 225 g/mol. The van der Waals surface area contributed by atoms with Gasteiger partial charge in [-0.25, -0.2) is 4.79 Å². The van der Waals surface area contributed by atoms with Gasteiger partial charge in [0.2, 0.25) is 5.91 Å². The lowest BCUT2D eigenvalue weighted by molar-refractivity contribution is -0.122. The van der Waals surface area contributed by atoms with Crippen molar-refractivity contribution in [3.8, 4) is 0 Å². The molecule has 5 nitrogen and oxygen atoms in total. The highest BCUT2D eigenvalue weighted by Crippen LogP contribution is 1.94. The van der Waals surface area contributed by atoms with Gasteiger partial charge in [0.05, 0.1) is 0 Å². The molecule has 1 heterocycles. The molecule has 1 amide bonds. The van der Waals surface area contributed by atoms with Crippen molar-refractivity contribution in [1.82, 2.24) is 14.5 Å². The van der Waals surface area contributed by atoms with Gasteiger partial charge < -0.3 is 9.88 Å². The fourth-order valence-corrected chi connectivity index (χ4v) is 1.61. The van der Waals surface area contributed by atoms with Gasteiger partial charge in [-0.05, 0) is 13.3 Å². The Bertz CT molecular complexity index is 406. The number of imidazole rings is 1. The molecule has 1 rings (SSSR count). The Morgan fingerprint density at radius 2 is 2.19 bits per heavy atom. The fraction of sp³-hybridized carbons (Fsp3) is 0.636. The Morgan fingerprint density at radius 1 is 1.50 bits per heavy atom. The lowest BCUT2D eigenvalue weighted by atomic mass is 10.2. The van der Waals surface area contributed by atoms with Gasteiger partial charge in [-0.2, -0.15) is 0 Å². The Labute approximate surface area is 95.1 Å². The smallest absolute Gasteiger partial charge is 0.328 e. The number of carbonyl (C=O) groups is 1. The lowest BCUT2D eigenvalue weighted by Crippen LogP contribution is -2.37. The second kappa shape index (κ2) is 5.53. The molecule has 90 valence electrons. The largest absolute Gasteiger partial charge is 0.352 e. The SMILES string of the molecule is CCCC(C)NC(=O)Cn1ccn(C)c1=O. The molecule has 0 aliphatic rings. The number of nitrogens with one attached hydrogen (secondary N) is 1. The zero-order chi connectivity index (χ0) is 12.1. The van der Waals surface area contributed by atoms with E-state index in [1.807, 2.05) is 6.92 Å². The van der Waals surface area contributed by atoms with Crippen LogP contribution in [-0.2, 0) is 18.4 Å². The molecule has 0 spiro atoms. The standard InChI is InChI=1S/C11H19N3O2/c1-4-5-9(2)12-10(15)8-14-7-6-13(3)11(14)16/h6-7,9H,4-5,8H2,1-3H3,(H,12,15). The van der Waals surface area contributed by atoms with Crippen LogP contribution in [0.4, 0.5) is 0 Å². The van der Waals surface area contributed by atoms with Crippen LogP contribution in [0.3, 0.4) is 0 Å². The number of nitrogens with zero attached hydrogens (tertiary/aromatic N) is 2. The van der Waals surface area contributed by atoms with Gasteiger partial charge in [0.15, 0.2) is 0 Å². The summed E-state index contributed by atoms with van der Waals surface area (Å²) in [5.74, 6) is -0.116. The van der Waals surface area contributed by atoms with Crippen molar-refractivity contribution in [2.75, 3.05) is 0 Å². The first-order chi connectivity index (χ1) is 7.54. The minimum absolute atomic E-state index is 0.0910. The van der Waals surface area contributed by atoms with Gasteiger partial charge in [-0.1, -0.05) is 13.3 Å². The van der Waals surface area contributed by atoms with Gasteiger partial charge >= 0.3 is 5.69 Å². The van der Waals surface area contributed by atoms with Crippen LogP contribution in [0.5, 0.6) is 0 Å². The Kier molecular flexibility index (Phi) is 4.34. The van der Waals surface area contributed by atoms with Gasteiger partial charge in [0, 0.05) is 25.5 Å². The van der Waals surface area contributed by atoms with Crippen LogP contribution in [0.25, 0.3) is 0 Å². The summed E-state index contributed by atoms with van der Waals surface area (Å²) in [5, 5.41) is 2.86. The van der Waals surface area contributed by atoms with E-state index in [1.54, 1.807) is 19.4 Å². The molecule has 1 N–H and O–H groups in total. The first-order valence-corrected chi connectivity index (χ1v) is 5.55. The maximum Gasteiger partial charge on any atom is 0.328 e. The number of aromatic nitrogens is 2. The molecular weight excluding hydrogens is 206 g/mol. The topological polar surface area (TPSA) is 56.0 Å². The maximum atomic E-state index is 11.6. The number of amides is 1. The van der Waals surface area contributed by atoms with Crippen LogP contribution in [0.1, 0.15) is 26.7 Å². The molecule has 16 heavy (non-hydrogen) atoms. The molecular formula is C11H19N3O2. The van der Waals surface area contributed by atoms with E-state index in [1.165, 1.54) is 9.13 Å². The van der Waals surface area contributed by atoms with E-state index < -0.39 is 0 Å². The van der Waals surface area contributed by atoms with E-state index in [0.29, 0.717) is 0 Å². The van der Waals surface area contributed by atoms with Crippen LogP contribution in [0, 0.1) is 0 Å². The van der Waals surface area contributed by atoms with Crippen molar-refractivity contribution in [2.24, 2.45) is 7.05 Å². The minimum atomic E-state index is -0.168. The molecule has 0 aliphatic heterocycles. The predicted octanol–water partition coefficient (Wildman–Crippen LogP) is 0.492. The molecule has 0 aromatic carbocycles. The average molecular weight is 225 g/mol. The van der Waals surface area contributed by atoms with Crippen molar-refractivity contribution >= 4 is 5.91 Å². The highest BCUT2D eigenvalue weighted by molar-refractivity contribution is 5.75. The third kappa shape index (κ3) is 3.25. The van der Waals surface area contributed by atoms with Crippen LogP contribution in [0.2, 0.25) is 0 Å². The summed E-state index contributed by atoms with van der Waals surface area (Å²) in [7, 11) is 1.66. The number of aryl methyl sites for hydroxylation is 1. The summed E-state index contributed by atoms with van der Waals surface area (Å²) < 4.78 is 2.84. The average Bonchev–Trinajstić information content (AvgIpc) is 2.50. The van der Waals surface area contributed by atoms with Crippen molar-refractivity contribution in [2.45, 2.75) is 39.3 Å². The third-order valence-electron chi connectivity index (χ3n) is 2.46. The van der Waals surface area contributed by atoms with E-state index in [9.17, 15) is 9.59 Å². The summed E-state index contributed by atoms with van der Waals surface area (Å²) in [4.78, 5) is 23.0. The second-order valence-corrected chi connectivity index (χ2v) is 4.08. The molecule has 0 saturated heterocycles. The van der Waals surface area contributed by atoms with Gasteiger partial charge in [0.25, 0.3) is 0 Å². The van der Waals surface area contributed by atoms with Crippen LogP contribution >= 0.6 is 0 Å². The number of rotatable bonds is 5. The first kappa shape index (κ1) is 12.5. The lowest BCUT2D eigenvalue weighted by Gasteiger charge is -2.12. The summed E-state index contributed by atoms with van der Waals surface area (Å²) in [5.41, 5.74) is -0.168. The highest BCUT2D eigenvalue weighted by atomic mass is 16.2. The Morgan fingerprint density at radius 3 is 2.69 bits per heavy atom. The summed E-state index contributed by atoms with van der Waals surface area (Å²) in [6, 6.07) is 0.164. The second-order valence-electron chi connectivity index (χ2n) is 4.08. The van der Waals surface area contributed by atoms with E-state index in [4.69, 9.17) is 0 Å². The van der Waals surface area contributed by atoms with E-state index in [0.717, 1.165) is 12.8 Å². The molecule has 1 aromatic heterocycles. The molecule has 0 radical (unpaired) electrons. The van der Waals surface area contributed by atoms with Crippen LogP contribution in [-0.4, -0.2) is 21.1 Å². The minimum Gasteiger partial charge on any atom is -0.352 e. The molecule has 1 atom stereocenters. The third-order valence-corrected chi connectivity index (χ3v) is 2.46. The van der Waals surface area contributed by atoms with Gasteiger partial charge in [0.1, 0.15) is 6.54 Å². The summed E-state index contributed by atoms with van der Waals surface area (Å²) in [6.45, 7) is 4.13. The quantitative estimate of drug-likeness (QED) is 0.793. The van der Waals surface area contributed by atoms with Gasteiger partial charge in [-0.3, -0.25) is 9.36 Å².